The maximum absolute atomic E-state index is 9.35. The van der Waals surface area contributed by atoms with Crippen LogP contribution in [0, 0.1) is 0 Å². The summed E-state index contributed by atoms with van der Waals surface area (Å²) in [5, 5.41) is 12.7. The Balaban J connectivity index is 1.82. The van der Waals surface area contributed by atoms with Crippen LogP contribution in [-0.2, 0) is 16.0 Å². The van der Waals surface area contributed by atoms with Crippen LogP contribution >= 0.6 is 0 Å². The van der Waals surface area contributed by atoms with Crippen molar-refractivity contribution >= 4 is 0 Å². The Labute approximate surface area is 102 Å². The topological polar surface area (TPSA) is 50.7 Å². The maximum atomic E-state index is 9.35. The molecule has 2 N–H and O–H groups in total. The van der Waals surface area contributed by atoms with Gasteiger partial charge in [-0.2, -0.15) is 0 Å². The number of rotatable bonds is 5. The zero-order valence-corrected chi connectivity index (χ0v) is 10.1. The Morgan fingerprint density at radius 3 is 3.06 bits per heavy atom. The van der Waals surface area contributed by atoms with Gasteiger partial charge in [-0.3, -0.25) is 0 Å². The molecular weight excluding hydrogens is 218 g/mol. The number of aromatic hydroxyl groups is 1. The quantitative estimate of drug-likeness (QED) is 0.810. The predicted molar refractivity (Wildman–Crippen MR) is 65.0 cm³/mol. The summed E-state index contributed by atoms with van der Waals surface area (Å²) in [6.45, 7) is 2.90. The Kier molecular flexibility index (Phi) is 3.99. The molecule has 4 nitrogen and oxygen atoms in total. The third-order valence-electron chi connectivity index (χ3n) is 3.19. The van der Waals surface area contributed by atoms with Crippen LogP contribution in [0.5, 0.6) is 5.75 Å². The van der Waals surface area contributed by atoms with Crippen LogP contribution in [0.3, 0.4) is 0 Å². The van der Waals surface area contributed by atoms with Crippen molar-refractivity contribution in [1.82, 2.24) is 5.32 Å². The first kappa shape index (κ1) is 12.4. The van der Waals surface area contributed by atoms with Crippen molar-refractivity contribution in [3.63, 3.8) is 0 Å². The van der Waals surface area contributed by atoms with Gasteiger partial charge in [0, 0.05) is 33.2 Å². The second-order valence-corrected chi connectivity index (χ2v) is 4.46. The summed E-state index contributed by atoms with van der Waals surface area (Å²) in [5.74, 6) is 0.301. The third-order valence-corrected chi connectivity index (χ3v) is 3.19. The van der Waals surface area contributed by atoms with Crippen LogP contribution < -0.4 is 5.32 Å². The fourth-order valence-electron chi connectivity index (χ4n) is 2.06. The number of ether oxygens (including phenoxy) is 2. The van der Waals surface area contributed by atoms with Crippen molar-refractivity contribution in [2.75, 3.05) is 26.9 Å². The largest absolute Gasteiger partial charge is 0.508 e. The monoisotopic (exact) mass is 237 g/mol. The predicted octanol–water partition coefficient (Wildman–Crippen LogP) is 1.29. The molecule has 1 atom stereocenters. The summed E-state index contributed by atoms with van der Waals surface area (Å²) in [4.78, 5) is 0. The minimum atomic E-state index is -0.184. The summed E-state index contributed by atoms with van der Waals surface area (Å²) in [7, 11) is 1.73. The zero-order valence-electron chi connectivity index (χ0n) is 10.1. The Morgan fingerprint density at radius 2 is 2.41 bits per heavy atom. The normalized spacial score (nSPS) is 24.1. The molecule has 0 radical (unpaired) electrons. The van der Waals surface area contributed by atoms with Crippen molar-refractivity contribution in [2.24, 2.45) is 0 Å². The van der Waals surface area contributed by atoms with Gasteiger partial charge in [0.1, 0.15) is 11.4 Å². The van der Waals surface area contributed by atoms with E-state index in [1.165, 1.54) is 0 Å². The van der Waals surface area contributed by atoms with Gasteiger partial charge in [0.05, 0.1) is 6.61 Å². The van der Waals surface area contributed by atoms with Gasteiger partial charge in [-0.1, -0.05) is 12.1 Å². The fraction of sp³-hybridized carbons (Fsp3) is 0.538. The average molecular weight is 237 g/mol. The minimum Gasteiger partial charge on any atom is -0.508 e. The Hall–Kier alpha value is -1.10. The first-order valence-corrected chi connectivity index (χ1v) is 5.86. The Morgan fingerprint density at radius 1 is 1.53 bits per heavy atom. The molecule has 0 saturated carbocycles. The molecule has 0 bridgehead atoms. The van der Waals surface area contributed by atoms with E-state index in [4.69, 9.17) is 9.47 Å². The van der Waals surface area contributed by atoms with Crippen molar-refractivity contribution in [1.29, 1.82) is 0 Å². The lowest BCUT2D eigenvalue weighted by Crippen LogP contribution is -2.42. The van der Waals surface area contributed by atoms with Gasteiger partial charge in [0.25, 0.3) is 0 Å². The van der Waals surface area contributed by atoms with E-state index < -0.39 is 0 Å². The number of nitrogens with one attached hydrogen (secondary N) is 1. The summed E-state index contributed by atoms with van der Waals surface area (Å²) in [6.07, 6.45) is 0.927. The van der Waals surface area contributed by atoms with E-state index in [1.807, 2.05) is 12.1 Å². The first-order valence-electron chi connectivity index (χ1n) is 5.86. The molecule has 1 saturated heterocycles. The van der Waals surface area contributed by atoms with Crippen LogP contribution in [-0.4, -0.2) is 37.6 Å². The SMILES string of the molecule is COC1(CNCc2cccc(O)c2)CCOC1. The van der Waals surface area contributed by atoms with E-state index in [1.54, 1.807) is 19.2 Å². The lowest BCUT2D eigenvalue weighted by molar-refractivity contribution is -0.0159. The van der Waals surface area contributed by atoms with Crippen molar-refractivity contribution in [2.45, 2.75) is 18.6 Å². The molecule has 1 aromatic carbocycles. The van der Waals surface area contributed by atoms with Gasteiger partial charge in [0.2, 0.25) is 0 Å². The highest BCUT2D eigenvalue weighted by Gasteiger charge is 2.34. The molecule has 94 valence electrons. The molecule has 4 heteroatoms. The second-order valence-electron chi connectivity index (χ2n) is 4.46. The number of methoxy groups -OCH3 is 1. The zero-order chi connectivity index (χ0) is 12.1. The molecule has 17 heavy (non-hydrogen) atoms. The lowest BCUT2D eigenvalue weighted by atomic mass is 10.0. The summed E-state index contributed by atoms with van der Waals surface area (Å²) in [5.41, 5.74) is 0.881. The van der Waals surface area contributed by atoms with Gasteiger partial charge in [0.15, 0.2) is 0 Å². The highest BCUT2D eigenvalue weighted by Crippen LogP contribution is 2.21. The van der Waals surface area contributed by atoms with Gasteiger partial charge >= 0.3 is 0 Å². The molecule has 1 aliphatic heterocycles. The van der Waals surface area contributed by atoms with E-state index in [0.29, 0.717) is 12.4 Å². The molecule has 0 spiro atoms. The smallest absolute Gasteiger partial charge is 0.115 e. The second kappa shape index (κ2) is 5.49. The molecule has 1 aromatic rings. The summed E-state index contributed by atoms with van der Waals surface area (Å²) < 4.78 is 10.9. The van der Waals surface area contributed by atoms with E-state index in [-0.39, 0.29) is 5.60 Å². The van der Waals surface area contributed by atoms with Crippen LogP contribution in [0.2, 0.25) is 0 Å². The van der Waals surface area contributed by atoms with E-state index in [9.17, 15) is 5.11 Å². The molecule has 1 unspecified atom stereocenters. The van der Waals surface area contributed by atoms with E-state index in [2.05, 4.69) is 5.32 Å². The molecule has 1 heterocycles. The van der Waals surface area contributed by atoms with Gasteiger partial charge in [-0.25, -0.2) is 0 Å². The fourth-order valence-corrected chi connectivity index (χ4v) is 2.06. The molecule has 2 rings (SSSR count). The van der Waals surface area contributed by atoms with E-state index >= 15 is 0 Å². The molecule has 1 aliphatic rings. The minimum absolute atomic E-state index is 0.184. The summed E-state index contributed by atoms with van der Waals surface area (Å²) in [6, 6.07) is 7.26. The van der Waals surface area contributed by atoms with Crippen LogP contribution in [0.4, 0.5) is 0 Å². The standard InChI is InChI=1S/C13H19NO3/c1-16-13(5-6-17-10-13)9-14-8-11-3-2-4-12(15)7-11/h2-4,7,14-15H,5-6,8-10H2,1H3. The lowest BCUT2D eigenvalue weighted by Gasteiger charge is -2.26. The van der Waals surface area contributed by atoms with Crippen molar-refractivity contribution in [3.05, 3.63) is 29.8 Å². The van der Waals surface area contributed by atoms with Crippen LogP contribution in [0.1, 0.15) is 12.0 Å². The third kappa shape index (κ3) is 3.19. The van der Waals surface area contributed by atoms with E-state index in [0.717, 1.165) is 31.7 Å². The van der Waals surface area contributed by atoms with Crippen LogP contribution in [0.25, 0.3) is 0 Å². The van der Waals surface area contributed by atoms with Crippen molar-refractivity contribution in [3.8, 4) is 5.75 Å². The molecule has 0 amide bonds. The Bertz CT molecular complexity index is 361. The maximum Gasteiger partial charge on any atom is 0.115 e. The van der Waals surface area contributed by atoms with Gasteiger partial charge in [-0.05, 0) is 17.7 Å². The van der Waals surface area contributed by atoms with Crippen molar-refractivity contribution < 1.29 is 14.6 Å². The van der Waals surface area contributed by atoms with Crippen LogP contribution in [0.15, 0.2) is 24.3 Å². The summed E-state index contributed by atoms with van der Waals surface area (Å²) >= 11 is 0. The van der Waals surface area contributed by atoms with Gasteiger partial charge in [-0.15, -0.1) is 0 Å². The number of hydrogen-bond donors (Lipinski definition) is 2. The highest BCUT2D eigenvalue weighted by molar-refractivity contribution is 5.26. The first-order chi connectivity index (χ1) is 8.24. The average Bonchev–Trinajstić information content (AvgIpc) is 2.79. The number of hydrogen-bond acceptors (Lipinski definition) is 4. The number of benzene rings is 1. The number of phenols is 1. The number of phenolic OH excluding ortho intramolecular Hbond substituents is 1. The molecule has 1 fully saturated rings. The molecular formula is C13H19NO3. The molecule has 0 aliphatic carbocycles. The molecule has 0 aromatic heterocycles. The highest BCUT2D eigenvalue weighted by atomic mass is 16.5. The van der Waals surface area contributed by atoms with Gasteiger partial charge < -0.3 is 19.9 Å².